The van der Waals surface area contributed by atoms with Crippen LogP contribution in [0, 0.1) is 10.8 Å². The predicted octanol–water partition coefficient (Wildman–Crippen LogP) is 9.36. The van der Waals surface area contributed by atoms with Crippen molar-refractivity contribution in [2.24, 2.45) is 10.8 Å². The fourth-order valence-corrected chi connectivity index (χ4v) is 12.1. The summed E-state index contributed by atoms with van der Waals surface area (Å²) in [6.45, 7) is 24.1. The molecule has 0 saturated heterocycles. The minimum atomic E-state index is -1.24. The van der Waals surface area contributed by atoms with Gasteiger partial charge in [-0.05, 0) is 60.5 Å². The van der Waals surface area contributed by atoms with Gasteiger partial charge in [-0.1, -0.05) is 174 Å². The van der Waals surface area contributed by atoms with Crippen LogP contribution in [0.2, 0.25) is 52.4 Å². The molecule has 6 aromatic carbocycles. The molecule has 0 unspecified atom stereocenters. The van der Waals surface area contributed by atoms with Crippen molar-refractivity contribution in [1.29, 1.82) is 0 Å². The summed E-state index contributed by atoms with van der Waals surface area (Å²) in [4.78, 5) is 0. The summed E-state index contributed by atoms with van der Waals surface area (Å²) in [6, 6.07) is 42.1. The van der Waals surface area contributed by atoms with E-state index in [0.717, 1.165) is 0 Å². The molecular weight excluding hydrogens is 895 g/mol. The van der Waals surface area contributed by atoms with Crippen LogP contribution in [0.1, 0.15) is 89.2 Å². The molecule has 6 heteroatoms. The topological polar surface area (TPSA) is 0 Å². The van der Waals surface area contributed by atoms with Gasteiger partial charge in [0.25, 0.3) is 0 Å². The third kappa shape index (κ3) is 13.6. The largest absolute Gasteiger partial charge is 1.00 e. The predicted molar refractivity (Wildman–Crippen MR) is 263 cm³/mol. The molecule has 0 N–H and O–H groups in total. The fraction of sp³-hybridized carbons (Fsp3) is 0.444. The quantitative estimate of drug-likeness (QED) is 0.106. The third-order valence-corrected chi connectivity index (χ3v) is 17.3. The van der Waals surface area contributed by atoms with Crippen LogP contribution in [0.3, 0.4) is 0 Å². The molecule has 0 amide bonds. The first-order chi connectivity index (χ1) is 27.4. The molecule has 2 aliphatic rings. The van der Waals surface area contributed by atoms with Crippen molar-refractivity contribution >= 4 is 53.5 Å². The Morgan fingerprint density at radius 1 is 0.517 bits per heavy atom. The Kier molecular flexibility index (Phi) is 18.4. The molecule has 0 heterocycles. The summed E-state index contributed by atoms with van der Waals surface area (Å²) in [7, 11) is -2.48. The van der Waals surface area contributed by atoms with E-state index in [1.54, 1.807) is 23.3 Å². The number of benzene rings is 4. The first kappa shape index (κ1) is 50.9. The summed E-state index contributed by atoms with van der Waals surface area (Å²) >= 11 is 1.74. The maximum absolute atomic E-state index is 2.50. The Bertz CT molecular complexity index is 2110. The smallest absolute Gasteiger partial charge is 1.00 e. The van der Waals surface area contributed by atoms with Gasteiger partial charge in [-0.15, -0.1) is 69.1 Å². The first-order valence-corrected chi connectivity index (χ1v) is 35.7. The Hall–Kier alpha value is -1.79. The van der Waals surface area contributed by atoms with Crippen molar-refractivity contribution in [3.05, 3.63) is 120 Å². The molecule has 0 radical (unpaired) electrons. The summed E-state index contributed by atoms with van der Waals surface area (Å²) in [5.74, 6) is 0. The van der Waals surface area contributed by atoms with Crippen LogP contribution in [-0.2, 0) is 36.2 Å². The van der Waals surface area contributed by atoms with Gasteiger partial charge in [-0.25, -0.2) is 0 Å². The molecule has 0 aliphatic heterocycles. The number of fused-ring (bicyclic) bond motifs is 2. The van der Waals surface area contributed by atoms with Crippen molar-refractivity contribution in [3.63, 3.8) is 0 Å². The fourth-order valence-electron chi connectivity index (χ4n) is 9.75. The van der Waals surface area contributed by atoms with Gasteiger partial charge in [-0.2, -0.15) is 12.1 Å². The summed E-state index contributed by atoms with van der Waals surface area (Å²) in [5.41, 5.74) is 9.74. The van der Waals surface area contributed by atoms with E-state index in [9.17, 15) is 0 Å². The molecular formula is C54H72Cl2Si3Zr-2. The van der Waals surface area contributed by atoms with E-state index in [1.807, 2.05) is 0 Å². The summed E-state index contributed by atoms with van der Waals surface area (Å²) < 4.78 is 0. The van der Waals surface area contributed by atoms with Gasteiger partial charge in [0.05, 0.1) is 16.1 Å². The first-order valence-electron chi connectivity index (χ1n) is 22.5. The van der Waals surface area contributed by atoms with Gasteiger partial charge in [-0.3, -0.25) is 0 Å². The van der Waals surface area contributed by atoms with Crippen molar-refractivity contribution in [3.8, 4) is 22.3 Å². The standard InChI is InChI=1S/2C26H33Si.C2H6Si.2ClH.Zr/c2*1-26(15-6-5-7-16-26)19-20-17-22-9-8-10-24(25(22)18-20)21-11-13-23(14-12-21)27(2,3)4;1-3-2;;;/h2*8-14,17-18H,5-7,15-16,19H2,1-4H3;1-2H3;2*1H;/q2*-1;;;;+2/p-2. The monoisotopic (exact) mass is 964 g/mol. The van der Waals surface area contributed by atoms with Crippen LogP contribution >= 0.6 is 0 Å². The van der Waals surface area contributed by atoms with E-state index < -0.39 is 16.1 Å². The van der Waals surface area contributed by atoms with E-state index in [1.165, 1.54) is 142 Å². The van der Waals surface area contributed by atoms with Crippen LogP contribution in [0.5, 0.6) is 0 Å². The van der Waals surface area contributed by atoms with E-state index >= 15 is 0 Å². The van der Waals surface area contributed by atoms with Crippen molar-refractivity contribution < 1.29 is 48.1 Å². The third-order valence-electron chi connectivity index (χ3n) is 13.1. The van der Waals surface area contributed by atoms with Crippen LogP contribution in [0.4, 0.5) is 0 Å². The molecule has 8 rings (SSSR count). The minimum Gasteiger partial charge on any atom is -1.00 e. The number of rotatable bonds is 8. The number of hydrogen-bond donors (Lipinski definition) is 0. The minimum absolute atomic E-state index is 0. The second-order valence-corrected chi connectivity index (χ2v) is 40.6. The summed E-state index contributed by atoms with van der Waals surface area (Å²) in [6.07, 6.45) is 16.5. The second kappa shape index (κ2) is 21.7. The zero-order chi connectivity index (χ0) is 41.7. The molecule has 2 aliphatic carbocycles. The van der Waals surface area contributed by atoms with Crippen molar-refractivity contribution in [2.75, 3.05) is 0 Å². The SMILES string of the molecule is CC1(Cc2cc3c(-c4ccc([Si](C)(C)C)cc4)cccc3[cH-]2)CCCCC1.CC1(Cc2cc3c(-c4ccc([Si](C)(C)C)cc4)cccc3[cH-]2)CCCCC1.C[Si](C)=[Zr+2].[Cl-].[Cl-]. The Balaban J connectivity index is 0.000000236. The van der Waals surface area contributed by atoms with Crippen LogP contribution in [0.25, 0.3) is 43.8 Å². The molecule has 320 valence electrons. The van der Waals surface area contributed by atoms with Gasteiger partial charge in [0.2, 0.25) is 0 Å². The molecule has 0 nitrogen and oxygen atoms in total. The molecule has 0 aromatic heterocycles. The van der Waals surface area contributed by atoms with Gasteiger partial charge in [0.1, 0.15) is 0 Å². The second-order valence-electron chi connectivity index (χ2n) is 21.1. The van der Waals surface area contributed by atoms with Crippen molar-refractivity contribution in [2.45, 2.75) is 143 Å². The van der Waals surface area contributed by atoms with Gasteiger partial charge < -0.3 is 24.8 Å². The van der Waals surface area contributed by atoms with Gasteiger partial charge in [0, 0.05) is 0 Å². The normalized spacial score (nSPS) is 16.1. The molecule has 60 heavy (non-hydrogen) atoms. The van der Waals surface area contributed by atoms with E-state index in [0.29, 0.717) is 10.8 Å². The van der Waals surface area contributed by atoms with Crippen LogP contribution in [0.15, 0.2) is 109 Å². The Morgan fingerprint density at radius 3 is 1.13 bits per heavy atom. The molecule has 0 spiro atoms. The molecule has 6 aromatic rings. The van der Waals surface area contributed by atoms with Crippen LogP contribution < -0.4 is 35.2 Å². The maximum Gasteiger partial charge on any atom is -1.00 e. The Labute approximate surface area is 395 Å². The average molecular weight is 968 g/mol. The van der Waals surface area contributed by atoms with E-state index in [-0.39, 0.29) is 30.2 Å². The van der Waals surface area contributed by atoms with Crippen LogP contribution in [-0.4, -0.2) is 21.6 Å². The van der Waals surface area contributed by atoms with E-state index in [4.69, 9.17) is 0 Å². The molecule has 2 fully saturated rings. The van der Waals surface area contributed by atoms with E-state index in [2.05, 4.69) is 175 Å². The molecule has 0 bridgehead atoms. The molecule has 2 saturated carbocycles. The number of halogens is 2. The number of hydrogen-bond acceptors (Lipinski definition) is 0. The van der Waals surface area contributed by atoms with Crippen molar-refractivity contribution in [1.82, 2.24) is 0 Å². The Morgan fingerprint density at radius 2 is 0.833 bits per heavy atom. The molecule has 0 atom stereocenters. The van der Waals surface area contributed by atoms with Gasteiger partial charge >= 0.3 is 41.9 Å². The zero-order valence-electron chi connectivity index (χ0n) is 38.6. The van der Waals surface area contributed by atoms with Gasteiger partial charge in [0.15, 0.2) is 0 Å². The average Bonchev–Trinajstić information content (AvgIpc) is 3.77. The summed E-state index contributed by atoms with van der Waals surface area (Å²) in [5, 5.41) is 8.71. The maximum atomic E-state index is 2.50. The zero-order valence-corrected chi connectivity index (χ0v) is 45.6.